The number of hydrogen-bond acceptors (Lipinski definition) is 2. The van der Waals surface area contributed by atoms with Gasteiger partial charge in [0, 0.05) is 10.5 Å². The second-order valence-corrected chi connectivity index (χ2v) is 5.81. The number of carbonyl (C=O) groups is 1. The van der Waals surface area contributed by atoms with Crippen molar-refractivity contribution in [2.45, 2.75) is 11.8 Å². The van der Waals surface area contributed by atoms with Crippen LogP contribution in [0.1, 0.15) is 15.9 Å². The quantitative estimate of drug-likeness (QED) is 0.811. The van der Waals surface area contributed by atoms with Gasteiger partial charge in [-0.1, -0.05) is 17.7 Å². The van der Waals surface area contributed by atoms with Crippen LogP contribution in [0, 0.1) is 18.6 Å². The third-order valence-electron chi connectivity index (χ3n) is 2.79. The van der Waals surface area contributed by atoms with Crippen LogP contribution in [-0.4, -0.2) is 15.7 Å². The van der Waals surface area contributed by atoms with Crippen molar-refractivity contribution in [2.75, 3.05) is 5.75 Å². The Labute approximate surface area is 117 Å². The molecule has 0 amide bonds. The molecule has 2 aromatic carbocycles. The monoisotopic (exact) mass is 294 g/mol. The molecule has 0 aliphatic carbocycles. The molecule has 0 aromatic heterocycles. The highest BCUT2D eigenvalue weighted by Crippen LogP contribution is 2.13. The molecule has 0 heterocycles. The minimum atomic E-state index is -1.50. The molecule has 2 nitrogen and oxygen atoms in total. The first kappa shape index (κ1) is 14.5. The van der Waals surface area contributed by atoms with Crippen molar-refractivity contribution < 1.29 is 17.8 Å². The standard InChI is InChI=1S/C15H12F2O2S/c1-10-2-5-12(6-3-10)20(19)9-15(18)11-4-7-13(16)14(17)8-11/h2-8H,9H2,1H3. The third-order valence-corrected chi connectivity index (χ3v) is 4.11. The zero-order valence-electron chi connectivity index (χ0n) is 10.7. The number of aryl methyl sites for hydroxylation is 1. The first-order chi connectivity index (χ1) is 9.47. The first-order valence-corrected chi connectivity index (χ1v) is 7.22. The highest BCUT2D eigenvalue weighted by atomic mass is 32.2. The van der Waals surface area contributed by atoms with Crippen LogP contribution in [-0.2, 0) is 10.8 Å². The lowest BCUT2D eigenvalue weighted by molar-refractivity contribution is 0.102. The van der Waals surface area contributed by atoms with Crippen LogP contribution < -0.4 is 0 Å². The van der Waals surface area contributed by atoms with Gasteiger partial charge < -0.3 is 0 Å². The normalized spacial score (nSPS) is 12.2. The molecule has 2 aromatic rings. The van der Waals surface area contributed by atoms with E-state index in [1.54, 1.807) is 24.3 Å². The summed E-state index contributed by atoms with van der Waals surface area (Å²) in [5.41, 5.74) is 1.04. The molecule has 0 radical (unpaired) electrons. The van der Waals surface area contributed by atoms with Crippen LogP contribution in [0.2, 0.25) is 0 Å². The molecular formula is C15H12F2O2S. The van der Waals surface area contributed by atoms with Crippen LogP contribution >= 0.6 is 0 Å². The number of rotatable bonds is 4. The van der Waals surface area contributed by atoms with E-state index in [-0.39, 0.29) is 11.3 Å². The molecule has 2 rings (SSSR count). The van der Waals surface area contributed by atoms with Crippen LogP contribution in [0.15, 0.2) is 47.4 Å². The van der Waals surface area contributed by atoms with Crippen LogP contribution in [0.3, 0.4) is 0 Å². The minimum Gasteiger partial charge on any atom is -0.293 e. The molecule has 0 N–H and O–H groups in total. The van der Waals surface area contributed by atoms with Crippen molar-refractivity contribution in [1.29, 1.82) is 0 Å². The molecule has 1 atom stereocenters. The third kappa shape index (κ3) is 3.36. The largest absolute Gasteiger partial charge is 0.293 e. The summed E-state index contributed by atoms with van der Waals surface area (Å²) in [6.45, 7) is 1.90. The maximum atomic E-state index is 13.0. The van der Waals surface area contributed by atoms with Crippen LogP contribution in [0.4, 0.5) is 8.78 Å². The topological polar surface area (TPSA) is 34.1 Å². The van der Waals surface area contributed by atoms with E-state index in [0.717, 1.165) is 17.7 Å². The fourth-order valence-corrected chi connectivity index (χ4v) is 2.66. The SMILES string of the molecule is Cc1ccc(S(=O)CC(=O)c2ccc(F)c(F)c2)cc1. The maximum absolute atomic E-state index is 13.0. The van der Waals surface area contributed by atoms with Gasteiger partial charge in [-0.05, 0) is 37.3 Å². The molecule has 1 unspecified atom stereocenters. The van der Waals surface area contributed by atoms with Gasteiger partial charge in [0.2, 0.25) is 0 Å². The summed E-state index contributed by atoms with van der Waals surface area (Å²) in [6, 6.07) is 9.87. The molecule has 0 spiro atoms. The zero-order chi connectivity index (χ0) is 14.7. The summed E-state index contributed by atoms with van der Waals surface area (Å²) in [4.78, 5) is 12.4. The van der Waals surface area contributed by atoms with Gasteiger partial charge in [0.25, 0.3) is 0 Å². The Morgan fingerprint density at radius 3 is 2.30 bits per heavy atom. The van der Waals surface area contributed by atoms with Gasteiger partial charge in [-0.2, -0.15) is 0 Å². The minimum absolute atomic E-state index is 0.0179. The Hall–Kier alpha value is -1.88. The van der Waals surface area contributed by atoms with E-state index in [4.69, 9.17) is 0 Å². The van der Waals surface area contributed by atoms with E-state index in [1.165, 1.54) is 6.07 Å². The van der Waals surface area contributed by atoms with Crippen LogP contribution in [0.25, 0.3) is 0 Å². The number of ketones is 1. The van der Waals surface area contributed by atoms with Crippen molar-refractivity contribution in [2.24, 2.45) is 0 Å². The number of Topliss-reactive ketones (excluding diaryl/α,β-unsaturated/α-hetero) is 1. The first-order valence-electron chi connectivity index (χ1n) is 5.90. The Bertz CT molecular complexity index is 666. The van der Waals surface area contributed by atoms with E-state index in [9.17, 15) is 17.8 Å². The zero-order valence-corrected chi connectivity index (χ0v) is 11.5. The highest BCUT2D eigenvalue weighted by molar-refractivity contribution is 7.85. The molecule has 0 bridgehead atoms. The van der Waals surface area contributed by atoms with Crippen molar-refractivity contribution in [3.05, 3.63) is 65.2 Å². The summed E-state index contributed by atoms with van der Waals surface area (Å²) in [6.07, 6.45) is 0. The van der Waals surface area contributed by atoms with Gasteiger partial charge >= 0.3 is 0 Å². The lowest BCUT2D eigenvalue weighted by Crippen LogP contribution is -2.11. The van der Waals surface area contributed by atoms with E-state index < -0.39 is 28.2 Å². The molecular weight excluding hydrogens is 282 g/mol. The molecule has 104 valence electrons. The molecule has 20 heavy (non-hydrogen) atoms. The summed E-state index contributed by atoms with van der Waals surface area (Å²) < 4.78 is 37.8. The second kappa shape index (κ2) is 6.05. The highest BCUT2D eigenvalue weighted by Gasteiger charge is 2.14. The maximum Gasteiger partial charge on any atom is 0.175 e. The smallest absolute Gasteiger partial charge is 0.175 e. The Morgan fingerprint density at radius 1 is 1.05 bits per heavy atom. The van der Waals surface area contributed by atoms with Crippen molar-refractivity contribution in [3.63, 3.8) is 0 Å². The average molecular weight is 294 g/mol. The summed E-state index contributed by atoms with van der Waals surface area (Å²) in [7, 11) is -1.50. The number of halogens is 2. The lowest BCUT2D eigenvalue weighted by atomic mass is 10.1. The van der Waals surface area contributed by atoms with E-state index >= 15 is 0 Å². The Balaban J connectivity index is 2.13. The molecule has 0 aliphatic rings. The van der Waals surface area contributed by atoms with E-state index in [0.29, 0.717) is 4.90 Å². The molecule has 0 fully saturated rings. The number of hydrogen-bond donors (Lipinski definition) is 0. The lowest BCUT2D eigenvalue weighted by Gasteiger charge is -2.03. The molecule has 5 heteroatoms. The van der Waals surface area contributed by atoms with Crippen molar-refractivity contribution in [1.82, 2.24) is 0 Å². The van der Waals surface area contributed by atoms with Gasteiger partial charge in [0.1, 0.15) is 0 Å². The van der Waals surface area contributed by atoms with Gasteiger partial charge in [-0.15, -0.1) is 0 Å². The van der Waals surface area contributed by atoms with Gasteiger partial charge in [-0.25, -0.2) is 8.78 Å². The molecule has 0 saturated heterocycles. The fourth-order valence-electron chi connectivity index (χ4n) is 1.65. The summed E-state index contributed by atoms with van der Waals surface area (Å²) in [5.74, 6) is -2.84. The predicted octanol–water partition coefficient (Wildman–Crippen LogP) is 3.26. The molecule has 0 aliphatic heterocycles. The summed E-state index contributed by atoms with van der Waals surface area (Å²) >= 11 is 0. The summed E-state index contributed by atoms with van der Waals surface area (Å²) in [5, 5.41) is 0. The molecule has 0 saturated carbocycles. The van der Waals surface area contributed by atoms with Crippen molar-refractivity contribution in [3.8, 4) is 0 Å². The Morgan fingerprint density at radius 2 is 1.70 bits per heavy atom. The van der Waals surface area contributed by atoms with Gasteiger partial charge in [0.15, 0.2) is 17.4 Å². The predicted molar refractivity (Wildman–Crippen MR) is 73.1 cm³/mol. The second-order valence-electron chi connectivity index (χ2n) is 4.35. The Kier molecular flexibility index (Phi) is 4.39. The number of carbonyl (C=O) groups excluding carboxylic acids is 1. The van der Waals surface area contributed by atoms with Crippen molar-refractivity contribution >= 4 is 16.6 Å². The van der Waals surface area contributed by atoms with E-state index in [1.807, 2.05) is 6.92 Å². The van der Waals surface area contributed by atoms with Gasteiger partial charge in [-0.3, -0.25) is 9.00 Å². The number of benzene rings is 2. The fraction of sp³-hybridized carbons (Fsp3) is 0.133. The van der Waals surface area contributed by atoms with Crippen LogP contribution in [0.5, 0.6) is 0 Å². The van der Waals surface area contributed by atoms with E-state index in [2.05, 4.69) is 0 Å². The average Bonchev–Trinajstić information content (AvgIpc) is 2.42. The van der Waals surface area contributed by atoms with Gasteiger partial charge in [0.05, 0.1) is 16.6 Å².